The van der Waals surface area contributed by atoms with Gasteiger partial charge in [0.15, 0.2) is 0 Å². The summed E-state index contributed by atoms with van der Waals surface area (Å²) in [5.41, 5.74) is 0.980. The van der Waals surface area contributed by atoms with Gasteiger partial charge in [0.25, 0.3) is 0 Å². The van der Waals surface area contributed by atoms with E-state index in [9.17, 15) is 4.79 Å². The van der Waals surface area contributed by atoms with E-state index >= 15 is 0 Å². The largest absolute Gasteiger partial charge is 0.298 e. The zero-order chi connectivity index (χ0) is 8.27. The van der Waals surface area contributed by atoms with Crippen LogP contribution < -0.4 is 0 Å². The Bertz CT molecular complexity index is 174. The zero-order valence-electron chi connectivity index (χ0n) is 6.72. The highest BCUT2D eigenvalue weighted by Crippen LogP contribution is 2.28. The van der Waals surface area contributed by atoms with Crippen molar-refractivity contribution in [3.05, 3.63) is 11.6 Å². The molecular weight excluding hydrogens is 204 g/mol. The fourth-order valence-electron chi connectivity index (χ4n) is 1.65. The number of rotatable bonds is 2. The van der Waals surface area contributed by atoms with Crippen molar-refractivity contribution >= 4 is 22.2 Å². The standard InChI is InChI=1S/C9H13BrO/c1-7-2-8(5-10)4-9(3-7)6-11/h3,6-8H,2,4-5H2,1H3. The van der Waals surface area contributed by atoms with Crippen molar-refractivity contribution in [3.8, 4) is 0 Å². The lowest BCUT2D eigenvalue weighted by atomic mass is 9.85. The third kappa shape index (κ3) is 2.44. The van der Waals surface area contributed by atoms with Crippen molar-refractivity contribution in [2.24, 2.45) is 11.8 Å². The lowest BCUT2D eigenvalue weighted by Gasteiger charge is -2.22. The molecule has 0 heterocycles. The van der Waals surface area contributed by atoms with Crippen molar-refractivity contribution in [1.29, 1.82) is 0 Å². The summed E-state index contributed by atoms with van der Waals surface area (Å²) in [6, 6.07) is 0. The molecule has 0 spiro atoms. The fraction of sp³-hybridized carbons (Fsp3) is 0.667. The Morgan fingerprint density at radius 3 is 3.09 bits per heavy atom. The van der Waals surface area contributed by atoms with E-state index in [1.165, 1.54) is 6.42 Å². The van der Waals surface area contributed by atoms with Gasteiger partial charge >= 0.3 is 0 Å². The molecule has 1 aliphatic rings. The SMILES string of the molecule is CC1C=C(C=O)CC(CBr)C1. The summed E-state index contributed by atoms with van der Waals surface area (Å²) in [7, 11) is 0. The second-order valence-electron chi connectivity index (χ2n) is 3.30. The Labute approximate surface area is 76.0 Å². The number of aldehydes is 1. The lowest BCUT2D eigenvalue weighted by molar-refractivity contribution is -0.105. The third-order valence-corrected chi connectivity index (χ3v) is 3.01. The Balaban J connectivity index is 2.61. The van der Waals surface area contributed by atoms with Gasteiger partial charge in [-0.2, -0.15) is 0 Å². The quantitative estimate of drug-likeness (QED) is 0.513. The maximum Gasteiger partial charge on any atom is 0.145 e. The molecule has 0 aromatic heterocycles. The van der Waals surface area contributed by atoms with Gasteiger partial charge in [0.1, 0.15) is 6.29 Å². The van der Waals surface area contributed by atoms with Crippen LogP contribution in [0.4, 0.5) is 0 Å². The molecule has 1 nitrogen and oxygen atoms in total. The minimum Gasteiger partial charge on any atom is -0.298 e. The molecule has 0 radical (unpaired) electrons. The summed E-state index contributed by atoms with van der Waals surface area (Å²) in [6.45, 7) is 2.16. The lowest BCUT2D eigenvalue weighted by Crippen LogP contribution is -2.14. The van der Waals surface area contributed by atoms with Crippen LogP contribution in [-0.4, -0.2) is 11.6 Å². The highest BCUT2D eigenvalue weighted by molar-refractivity contribution is 9.09. The summed E-state index contributed by atoms with van der Waals surface area (Å²) < 4.78 is 0. The molecule has 1 aliphatic carbocycles. The first-order valence-electron chi connectivity index (χ1n) is 3.98. The molecule has 2 heteroatoms. The smallest absolute Gasteiger partial charge is 0.145 e. The third-order valence-electron chi connectivity index (χ3n) is 2.10. The minimum atomic E-state index is 0.575. The van der Waals surface area contributed by atoms with E-state index in [0.717, 1.165) is 23.6 Å². The predicted molar refractivity (Wildman–Crippen MR) is 49.8 cm³/mol. The molecule has 0 aromatic rings. The van der Waals surface area contributed by atoms with Gasteiger partial charge in [-0.3, -0.25) is 4.79 Å². The first kappa shape index (κ1) is 8.98. The average molecular weight is 217 g/mol. The maximum atomic E-state index is 10.5. The summed E-state index contributed by atoms with van der Waals surface area (Å²) >= 11 is 3.45. The number of hydrogen-bond donors (Lipinski definition) is 0. The van der Waals surface area contributed by atoms with Crippen LogP contribution in [-0.2, 0) is 4.79 Å². The monoisotopic (exact) mass is 216 g/mol. The molecule has 0 saturated carbocycles. The number of allylic oxidation sites excluding steroid dienone is 2. The molecule has 1 rings (SSSR count). The van der Waals surface area contributed by atoms with Crippen LogP contribution in [0, 0.1) is 11.8 Å². The normalized spacial score (nSPS) is 31.3. The van der Waals surface area contributed by atoms with E-state index in [1.54, 1.807) is 0 Å². The zero-order valence-corrected chi connectivity index (χ0v) is 8.30. The Morgan fingerprint density at radius 1 is 1.82 bits per heavy atom. The van der Waals surface area contributed by atoms with Crippen LogP contribution in [0.25, 0.3) is 0 Å². The van der Waals surface area contributed by atoms with E-state index < -0.39 is 0 Å². The molecule has 0 fully saturated rings. The van der Waals surface area contributed by atoms with Crippen LogP contribution in [0.3, 0.4) is 0 Å². The van der Waals surface area contributed by atoms with Crippen LogP contribution >= 0.6 is 15.9 Å². The minimum absolute atomic E-state index is 0.575. The number of carbonyl (C=O) groups excluding carboxylic acids is 1. The topological polar surface area (TPSA) is 17.1 Å². The first-order chi connectivity index (χ1) is 5.26. The molecule has 0 bridgehead atoms. The van der Waals surface area contributed by atoms with Crippen LogP contribution in [0.2, 0.25) is 0 Å². The van der Waals surface area contributed by atoms with Gasteiger partial charge in [0, 0.05) is 5.33 Å². The van der Waals surface area contributed by atoms with Crippen molar-refractivity contribution in [2.45, 2.75) is 19.8 Å². The van der Waals surface area contributed by atoms with Crippen molar-refractivity contribution in [3.63, 3.8) is 0 Å². The van der Waals surface area contributed by atoms with E-state index in [2.05, 4.69) is 28.9 Å². The van der Waals surface area contributed by atoms with Gasteiger partial charge in [-0.1, -0.05) is 28.9 Å². The molecule has 62 valence electrons. The van der Waals surface area contributed by atoms with E-state index in [0.29, 0.717) is 11.8 Å². The summed E-state index contributed by atoms with van der Waals surface area (Å²) in [5.74, 6) is 1.24. The molecule has 2 atom stereocenters. The van der Waals surface area contributed by atoms with E-state index in [-0.39, 0.29) is 0 Å². The molecular formula is C9H13BrO. The fourth-order valence-corrected chi connectivity index (χ4v) is 2.14. The molecule has 0 aliphatic heterocycles. The predicted octanol–water partition coefficient (Wildman–Crippen LogP) is 2.55. The summed E-state index contributed by atoms with van der Waals surface area (Å²) in [5, 5.41) is 1.02. The first-order valence-corrected chi connectivity index (χ1v) is 5.10. The summed E-state index contributed by atoms with van der Waals surface area (Å²) in [6.07, 6.45) is 5.25. The highest BCUT2D eigenvalue weighted by atomic mass is 79.9. The van der Waals surface area contributed by atoms with Gasteiger partial charge < -0.3 is 0 Å². The molecule has 11 heavy (non-hydrogen) atoms. The second-order valence-corrected chi connectivity index (χ2v) is 3.94. The summed E-state index contributed by atoms with van der Waals surface area (Å²) in [4.78, 5) is 10.5. The molecule has 2 unspecified atom stereocenters. The Kier molecular flexibility index (Phi) is 3.31. The maximum absolute atomic E-state index is 10.5. The highest BCUT2D eigenvalue weighted by Gasteiger charge is 2.18. The van der Waals surface area contributed by atoms with E-state index in [4.69, 9.17) is 0 Å². The number of halogens is 1. The van der Waals surface area contributed by atoms with Crippen LogP contribution in [0.15, 0.2) is 11.6 Å². The number of hydrogen-bond acceptors (Lipinski definition) is 1. The average Bonchev–Trinajstić information content (AvgIpc) is 2.03. The van der Waals surface area contributed by atoms with Crippen molar-refractivity contribution in [2.75, 3.05) is 5.33 Å². The Morgan fingerprint density at radius 2 is 2.55 bits per heavy atom. The van der Waals surface area contributed by atoms with E-state index in [1.807, 2.05) is 0 Å². The molecule has 0 N–H and O–H groups in total. The number of alkyl halides is 1. The van der Waals surface area contributed by atoms with Crippen LogP contribution in [0.1, 0.15) is 19.8 Å². The molecule has 0 saturated heterocycles. The van der Waals surface area contributed by atoms with Crippen LogP contribution in [0.5, 0.6) is 0 Å². The Hall–Kier alpha value is -0.110. The second kappa shape index (κ2) is 4.05. The van der Waals surface area contributed by atoms with Gasteiger partial charge in [0.2, 0.25) is 0 Å². The van der Waals surface area contributed by atoms with Gasteiger partial charge in [-0.05, 0) is 30.3 Å². The van der Waals surface area contributed by atoms with Crippen molar-refractivity contribution in [1.82, 2.24) is 0 Å². The number of carbonyl (C=O) groups is 1. The van der Waals surface area contributed by atoms with Gasteiger partial charge in [-0.25, -0.2) is 0 Å². The molecule has 0 amide bonds. The molecule has 0 aromatic carbocycles. The van der Waals surface area contributed by atoms with Gasteiger partial charge in [-0.15, -0.1) is 0 Å². The van der Waals surface area contributed by atoms with Gasteiger partial charge in [0.05, 0.1) is 0 Å². The van der Waals surface area contributed by atoms with Crippen molar-refractivity contribution < 1.29 is 4.79 Å².